The fraction of sp³-hybridized carbons (Fsp3) is 0.900. The van der Waals surface area contributed by atoms with Crippen LogP contribution in [0.2, 0.25) is 0 Å². The lowest BCUT2D eigenvalue weighted by Crippen LogP contribution is -2.35. The quantitative estimate of drug-likeness (QED) is 0.106. The van der Waals surface area contributed by atoms with Crippen molar-refractivity contribution in [2.24, 2.45) is 5.92 Å². The minimum absolute atomic E-state index is 0.267. The number of rotatable bonds is 15. The predicted octanol–water partition coefficient (Wildman–Crippen LogP) is 6.08. The molecule has 0 amide bonds. The summed E-state index contributed by atoms with van der Waals surface area (Å²) in [6.07, 6.45) is 4.74. The lowest BCUT2D eigenvalue weighted by Gasteiger charge is -2.25. The van der Waals surface area contributed by atoms with Crippen molar-refractivity contribution in [3.05, 3.63) is 0 Å². The normalized spacial score (nSPS) is 14.2. The molecule has 0 fully saturated rings. The van der Waals surface area contributed by atoms with Crippen LogP contribution in [-0.2, 0) is 29.0 Å². The van der Waals surface area contributed by atoms with Gasteiger partial charge in [0, 0.05) is 6.42 Å². The third-order valence-corrected chi connectivity index (χ3v) is 4.12. The number of ether oxygens (including phenoxy) is 2. The summed E-state index contributed by atoms with van der Waals surface area (Å²) in [6.45, 7) is 11.4. The molecule has 0 aromatic heterocycles. The van der Waals surface area contributed by atoms with Gasteiger partial charge in [0.2, 0.25) is 0 Å². The van der Waals surface area contributed by atoms with Crippen molar-refractivity contribution < 1.29 is 38.6 Å². The molecule has 0 aliphatic heterocycles. The summed E-state index contributed by atoms with van der Waals surface area (Å²) >= 11 is 0. The smallest absolute Gasteiger partial charge is 0.432 e. The molecule has 0 N–H and O–H groups in total. The van der Waals surface area contributed by atoms with Gasteiger partial charge in [0.15, 0.2) is 0 Å². The van der Waals surface area contributed by atoms with Gasteiger partial charge < -0.3 is 9.47 Å². The standard InChI is InChI=1S/C20H38O8/c1-7-10-12-14-20(6,28-26-19(22)24-16(4)5)27-25-18(21)23-15-17(9-3)13-11-8-2/h16-17H,7-15H2,1-6H3. The number of carbonyl (C=O) groups is 2. The van der Waals surface area contributed by atoms with Gasteiger partial charge in [-0.25, -0.2) is 9.59 Å². The molecule has 0 saturated heterocycles. The van der Waals surface area contributed by atoms with Gasteiger partial charge in [0.05, 0.1) is 12.7 Å². The van der Waals surface area contributed by atoms with E-state index in [0.717, 1.165) is 44.9 Å². The SMILES string of the molecule is CCCCCC(C)(OOC(=O)OCC(CC)CCCC)OOC(=O)OC(C)C. The summed E-state index contributed by atoms with van der Waals surface area (Å²) in [5, 5.41) is 0. The molecule has 0 aromatic carbocycles. The average molecular weight is 407 g/mol. The van der Waals surface area contributed by atoms with Crippen molar-refractivity contribution in [2.75, 3.05) is 6.61 Å². The molecule has 0 spiro atoms. The van der Waals surface area contributed by atoms with Crippen LogP contribution in [-0.4, -0.2) is 30.8 Å². The third kappa shape index (κ3) is 13.6. The Labute approximate surface area is 169 Å². The van der Waals surface area contributed by atoms with Crippen molar-refractivity contribution >= 4 is 12.3 Å². The zero-order chi connectivity index (χ0) is 21.4. The Balaban J connectivity index is 4.51. The lowest BCUT2D eigenvalue weighted by molar-refractivity contribution is -0.477. The van der Waals surface area contributed by atoms with E-state index in [9.17, 15) is 9.59 Å². The zero-order valence-electron chi connectivity index (χ0n) is 18.3. The van der Waals surface area contributed by atoms with Gasteiger partial charge in [-0.2, -0.15) is 0 Å². The van der Waals surface area contributed by atoms with E-state index in [4.69, 9.17) is 24.1 Å². The Morgan fingerprint density at radius 3 is 2.04 bits per heavy atom. The van der Waals surface area contributed by atoms with Crippen LogP contribution < -0.4 is 0 Å². The van der Waals surface area contributed by atoms with Crippen molar-refractivity contribution in [1.29, 1.82) is 0 Å². The first-order valence-corrected chi connectivity index (χ1v) is 10.3. The van der Waals surface area contributed by atoms with E-state index in [2.05, 4.69) is 18.7 Å². The average Bonchev–Trinajstić information content (AvgIpc) is 2.65. The van der Waals surface area contributed by atoms with E-state index >= 15 is 0 Å². The van der Waals surface area contributed by atoms with Crippen LogP contribution in [0.25, 0.3) is 0 Å². The summed E-state index contributed by atoms with van der Waals surface area (Å²) in [7, 11) is 0. The van der Waals surface area contributed by atoms with Crippen LogP contribution in [0.1, 0.15) is 92.9 Å². The number of unbranched alkanes of at least 4 members (excludes halogenated alkanes) is 3. The van der Waals surface area contributed by atoms with Gasteiger partial charge in [0.25, 0.3) is 5.79 Å². The van der Waals surface area contributed by atoms with Gasteiger partial charge >= 0.3 is 12.3 Å². The molecule has 0 aliphatic rings. The molecule has 8 nitrogen and oxygen atoms in total. The van der Waals surface area contributed by atoms with Crippen molar-refractivity contribution in [2.45, 2.75) is 105 Å². The maximum absolute atomic E-state index is 11.8. The Hall–Kier alpha value is -1.54. The fourth-order valence-corrected chi connectivity index (χ4v) is 2.36. The van der Waals surface area contributed by atoms with Gasteiger partial charge in [-0.05, 0) is 39.5 Å². The summed E-state index contributed by atoms with van der Waals surface area (Å²) in [5.41, 5.74) is 0. The second-order valence-electron chi connectivity index (χ2n) is 7.32. The molecule has 0 aliphatic carbocycles. The van der Waals surface area contributed by atoms with E-state index in [1.807, 2.05) is 6.92 Å². The maximum atomic E-state index is 11.8. The molecular weight excluding hydrogens is 368 g/mol. The topological polar surface area (TPSA) is 89.5 Å². The minimum atomic E-state index is -1.46. The zero-order valence-corrected chi connectivity index (χ0v) is 18.3. The molecule has 0 heterocycles. The highest BCUT2D eigenvalue weighted by Gasteiger charge is 2.33. The van der Waals surface area contributed by atoms with E-state index in [0.29, 0.717) is 6.42 Å². The Kier molecular flexibility index (Phi) is 14.5. The number of carbonyl (C=O) groups excluding carboxylic acids is 2. The molecule has 166 valence electrons. The molecule has 2 unspecified atom stereocenters. The lowest BCUT2D eigenvalue weighted by atomic mass is 10.0. The summed E-state index contributed by atoms with van der Waals surface area (Å²) < 4.78 is 9.95. The summed E-state index contributed by atoms with van der Waals surface area (Å²) in [6, 6.07) is 0. The second kappa shape index (κ2) is 15.4. The summed E-state index contributed by atoms with van der Waals surface area (Å²) in [5.74, 6) is -1.18. The van der Waals surface area contributed by atoms with Crippen LogP contribution in [0.3, 0.4) is 0 Å². The molecule has 0 bridgehead atoms. The van der Waals surface area contributed by atoms with Crippen LogP contribution >= 0.6 is 0 Å². The predicted molar refractivity (Wildman–Crippen MR) is 103 cm³/mol. The first-order valence-electron chi connectivity index (χ1n) is 10.3. The van der Waals surface area contributed by atoms with Crippen LogP contribution in [0.4, 0.5) is 9.59 Å². The van der Waals surface area contributed by atoms with Gasteiger partial charge in [-0.1, -0.05) is 52.9 Å². The largest absolute Gasteiger partial charge is 0.540 e. The number of hydrogen-bond donors (Lipinski definition) is 0. The Morgan fingerprint density at radius 1 is 0.893 bits per heavy atom. The molecule has 0 radical (unpaired) electrons. The van der Waals surface area contributed by atoms with Crippen LogP contribution in [0.5, 0.6) is 0 Å². The minimum Gasteiger partial charge on any atom is -0.432 e. The van der Waals surface area contributed by atoms with Crippen LogP contribution in [0.15, 0.2) is 0 Å². The molecule has 0 rings (SSSR count). The molecule has 28 heavy (non-hydrogen) atoms. The maximum Gasteiger partial charge on any atom is 0.540 e. The monoisotopic (exact) mass is 406 g/mol. The molecular formula is C20H38O8. The highest BCUT2D eigenvalue weighted by atomic mass is 17.3. The van der Waals surface area contributed by atoms with Gasteiger partial charge in [-0.15, -0.1) is 9.78 Å². The highest BCUT2D eigenvalue weighted by Crippen LogP contribution is 2.23. The van der Waals surface area contributed by atoms with E-state index in [1.54, 1.807) is 13.8 Å². The highest BCUT2D eigenvalue weighted by molar-refractivity contribution is 5.59. The molecule has 0 aromatic rings. The fourth-order valence-electron chi connectivity index (χ4n) is 2.36. The van der Waals surface area contributed by atoms with Gasteiger partial charge in [0.1, 0.15) is 0 Å². The van der Waals surface area contributed by atoms with Crippen molar-refractivity contribution in [3.8, 4) is 0 Å². The third-order valence-electron chi connectivity index (χ3n) is 4.12. The second-order valence-corrected chi connectivity index (χ2v) is 7.32. The Morgan fingerprint density at radius 2 is 1.50 bits per heavy atom. The first kappa shape index (κ1) is 26.5. The van der Waals surface area contributed by atoms with E-state index in [1.165, 1.54) is 6.92 Å². The Bertz CT molecular complexity index is 426. The van der Waals surface area contributed by atoms with E-state index in [-0.39, 0.29) is 18.6 Å². The van der Waals surface area contributed by atoms with Crippen molar-refractivity contribution in [1.82, 2.24) is 0 Å². The van der Waals surface area contributed by atoms with E-state index < -0.39 is 18.1 Å². The van der Waals surface area contributed by atoms with Crippen LogP contribution in [0, 0.1) is 5.92 Å². The molecule has 0 saturated carbocycles. The van der Waals surface area contributed by atoms with Crippen molar-refractivity contribution in [3.63, 3.8) is 0 Å². The van der Waals surface area contributed by atoms with Gasteiger partial charge in [-0.3, -0.25) is 9.78 Å². The molecule has 2 atom stereocenters. The first-order chi connectivity index (χ1) is 13.3. The number of hydrogen-bond acceptors (Lipinski definition) is 8. The summed E-state index contributed by atoms with van der Waals surface area (Å²) in [4.78, 5) is 42.9. The molecule has 8 heteroatoms.